The molecule has 0 saturated carbocycles. The van der Waals surface area contributed by atoms with Gasteiger partial charge < -0.3 is 14.8 Å². The summed E-state index contributed by atoms with van der Waals surface area (Å²) < 4.78 is 10.8. The van der Waals surface area contributed by atoms with Crippen molar-refractivity contribution >= 4 is 52.9 Å². The average Bonchev–Trinajstić information content (AvgIpc) is 2.94. The molecular weight excluding hydrogens is 553 g/mol. The lowest BCUT2D eigenvalue weighted by atomic mass is 10.1. The molecule has 0 bridgehead atoms. The van der Waals surface area contributed by atoms with Gasteiger partial charge in [0.2, 0.25) is 0 Å². The second-order valence-electron chi connectivity index (χ2n) is 8.52. The molecule has 10 heteroatoms. The Labute approximate surface area is 240 Å². The standard InChI is InChI=1S/C30H23Cl2N3O5/c1-18-6-9-20(10-7-18)30(38)40-26-13-8-19(14-27(26)39-2)17-33-35-28(36)21-4-3-5-23(15-21)34-29(37)24-12-11-22(31)16-25(24)32/h3-17H,1-2H3,(H,34,37)(H,35,36). The van der Waals surface area contributed by atoms with Gasteiger partial charge in [-0.15, -0.1) is 0 Å². The first-order valence-corrected chi connectivity index (χ1v) is 12.7. The largest absolute Gasteiger partial charge is 0.493 e. The van der Waals surface area contributed by atoms with Crippen molar-refractivity contribution in [2.45, 2.75) is 6.92 Å². The molecule has 8 nitrogen and oxygen atoms in total. The number of amides is 2. The van der Waals surface area contributed by atoms with Crippen LogP contribution in [0.4, 0.5) is 5.69 Å². The molecule has 0 aliphatic carbocycles. The molecule has 40 heavy (non-hydrogen) atoms. The summed E-state index contributed by atoms with van der Waals surface area (Å²) in [6.45, 7) is 1.93. The van der Waals surface area contributed by atoms with E-state index in [0.29, 0.717) is 27.6 Å². The van der Waals surface area contributed by atoms with Crippen molar-refractivity contribution in [1.82, 2.24) is 5.43 Å². The van der Waals surface area contributed by atoms with Crippen LogP contribution in [0.5, 0.6) is 11.5 Å². The number of ether oxygens (including phenoxy) is 2. The van der Waals surface area contributed by atoms with Gasteiger partial charge in [0.25, 0.3) is 11.8 Å². The zero-order chi connectivity index (χ0) is 28.6. The van der Waals surface area contributed by atoms with Crippen LogP contribution in [-0.2, 0) is 0 Å². The number of rotatable bonds is 8. The summed E-state index contributed by atoms with van der Waals surface area (Å²) in [4.78, 5) is 37.7. The highest BCUT2D eigenvalue weighted by Crippen LogP contribution is 2.28. The van der Waals surface area contributed by atoms with Crippen molar-refractivity contribution in [1.29, 1.82) is 0 Å². The summed E-state index contributed by atoms with van der Waals surface area (Å²) in [6, 6.07) is 22.8. The van der Waals surface area contributed by atoms with E-state index >= 15 is 0 Å². The zero-order valence-corrected chi connectivity index (χ0v) is 22.9. The lowest BCUT2D eigenvalue weighted by Crippen LogP contribution is -2.18. The van der Waals surface area contributed by atoms with Crippen molar-refractivity contribution in [3.8, 4) is 11.5 Å². The molecule has 4 aromatic carbocycles. The van der Waals surface area contributed by atoms with Crippen molar-refractivity contribution in [2.75, 3.05) is 12.4 Å². The number of anilines is 1. The minimum Gasteiger partial charge on any atom is -0.493 e. The van der Waals surface area contributed by atoms with Gasteiger partial charge in [-0.1, -0.05) is 47.0 Å². The van der Waals surface area contributed by atoms with E-state index in [1.165, 1.54) is 31.5 Å². The van der Waals surface area contributed by atoms with Gasteiger partial charge in [-0.3, -0.25) is 9.59 Å². The van der Waals surface area contributed by atoms with Gasteiger partial charge in [-0.05, 0) is 79.2 Å². The molecule has 2 amide bonds. The van der Waals surface area contributed by atoms with Crippen LogP contribution in [0.15, 0.2) is 90.0 Å². The summed E-state index contributed by atoms with van der Waals surface area (Å²) in [7, 11) is 1.45. The van der Waals surface area contributed by atoms with E-state index in [1.54, 1.807) is 54.6 Å². The Morgan fingerprint density at radius 1 is 0.825 bits per heavy atom. The average molecular weight is 576 g/mol. The van der Waals surface area contributed by atoms with E-state index in [2.05, 4.69) is 15.8 Å². The zero-order valence-electron chi connectivity index (χ0n) is 21.4. The van der Waals surface area contributed by atoms with Crippen molar-refractivity contribution < 1.29 is 23.9 Å². The molecule has 0 aliphatic heterocycles. The van der Waals surface area contributed by atoms with Crippen molar-refractivity contribution in [3.05, 3.63) is 123 Å². The molecule has 4 aromatic rings. The Morgan fingerprint density at radius 3 is 2.33 bits per heavy atom. The second-order valence-corrected chi connectivity index (χ2v) is 9.37. The van der Waals surface area contributed by atoms with Gasteiger partial charge in [0.15, 0.2) is 11.5 Å². The van der Waals surface area contributed by atoms with E-state index in [4.69, 9.17) is 32.7 Å². The summed E-state index contributed by atoms with van der Waals surface area (Å²) in [5, 5.41) is 7.32. The van der Waals surface area contributed by atoms with E-state index in [1.807, 2.05) is 19.1 Å². The number of hydrogen-bond donors (Lipinski definition) is 2. The first kappa shape index (κ1) is 28.4. The minimum absolute atomic E-state index is 0.210. The second kappa shape index (κ2) is 12.9. The first-order valence-electron chi connectivity index (χ1n) is 11.9. The molecule has 202 valence electrons. The predicted octanol–water partition coefficient (Wildman–Crippen LogP) is 6.55. The molecule has 0 aliphatic rings. The molecule has 0 spiro atoms. The van der Waals surface area contributed by atoms with E-state index in [0.717, 1.165) is 5.56 Å². The molecule has 2 N–H and O–H groups in total. The van der Waals surface area contributed by atoms with Crippen LogP contribution >= 0.6 is 23.2 Å². The molecule has 0 aromatic heterocycles. The van der Waals surface area contributed by atoms with Gasteiger partial charge in [0.05, 0.1) is 29.5 Å². The van der Waals surface area contributed by atoms with E-state index in [9.17, 15) is 14.4 Å². The topological polar surface area (TPSA) is 106 Å². The number of aryl methyl sites for hydroxylation is 1. The Kier molecular flexibility index (Phi) is 9.16. The number of hydrazone groups is 1. The van der Waals surface area contributed by atoms with Gasteiger partial charge in [0, 0.05) is 16.3 Å². The molecule has 0 unspecified atom stereocenters. The van der Waals surface area contributed by atoms with E-state index in [-0.39, 0.29) is 21.9 Å². The third-order valence-electron chi connectivity index (χ3n) is 5.62. The highest BCUT2D eigenvalue weighted by atomic mass is 35.5. The third kappa shape index (κ3) is 7.25. The van der Waals surface area contributed by atoms with Crippen LogP contribution in [0.25, 0.3) is 0 Å². The number of hydrogen-bond acceptors (Lipinski definition) is 6. The fourth-order valence-electron chi connectivity index (χ4n) is 3.54. The maximum absolute atomic E-state index is 12.6. The van der Waals surface area contributed by atoms with Crippen LogP contribution in [0, 0.1) is 6.92 Å². The molecule has 0 saturated heterocycles. The fourth-order valence-corrected chi connectivity index (χ4v) is 4.03. The van der Waals surface area contributed by atoms with Crippen LogP contribution in [0.2, 0.25) is 10.0 Å². The molecule has 0 radical (unpaired) electrons. The van der Waals surface area contributed by atoms with Crippen LogP contribution < -0.4 is 20.2 Å². The lowest BCUT2D eigenvalue weighted by molar-refractivity contribution is 0.0729. The number of halogens is 2. The fraction of sp³-hybridized carbons (Fsp3) is 0.0667. The number of carbonyl (C=O) groups is 3. The Morgan fingerprint density at radius 2 is 1.60 bits per heavy atom. The number of nitrogens with zero attached hydrogens (tertiary/aromatic N) is 1. The maximum Gasteiger partial charge on any atom is 0.343 e. The third-order valence-corrected chi connectivity index (χ3v) is 6.16. The predicted molar refractivity (Wildman–Crippen MR) is 155 cm³/mol. The Bertz CT molecular complexity index is 1600. The normalized spacial score (nSPS) is 10.7. The van der Waals surface area contributed by atoms with Crippen LogP contribution in [0.3, 0.4) is 0 Å². The molecule has 0 atom stereocenters. The van der Waals surface area contributed by atoms with Crippen molar-refractivity contribution in [2.24, 2.45) is 5.10 Å². The summed E-state index contributed by atoms with van der Waals surface area (Å²) in [6.07, 6.45) is 1.42. The van der Waals surface area contributed by atoms with Crippen LogP contribution in [0.1, 0.15) is 42.2 Å². The number of benzene rings is 4. The number of carbonyl (C=O) groups excluding carboxylic acids is 3. The Hall–Kier alpha value is -4.66. The van der Waals surface area contributed by atoms with E-state index < -0.39 is 17.8 Å². The number of methoxy groups -OCH3 is 1. The van der Waals surface area contributed by atoms with Crippen molar-refractivity contribution in [3.63, 3.8) is 0 Å². The summed E-state index contributed by atoms with van der Waals surface area (Å²) >= 11 is 12.0. The minimum atomic E-state index is -0.512. The molecule has 4 rings (SSSR count). The monoisotopic (exact) mass is 575 g/mol. The van der Waals surface area contributed by atoms with Crippen LogP contribution in [-0.4, -0.2) is 31.1 Å². The van der Waals surface area contributed by atoms with Gasteiger partial charge in [-0.25, -0.2) is 10.2 Å². The molecule has 0 heterocycles. The summed E-state index contributed by atoms with van der Waals surface area (Å²) in [5.41, 5.74) is 5.39. The lowest BCUT2D eigenvalue weighted by Gasteiger charge is -2.10. The Balaban J connectivity index is 1.38. The summed E-state index contributed by atoms with van der Waals surface area (Å²) in [5.74, 6) is -0.888. The smallest absolute Gasteiger partial charge is 0.343 e. The van der Waals surface area contributed by atoms with Gasteiger partial charge in [-0.2, -0.15) is 5.10 Å². The number of esters is 1. The first-order chi connectivity index (χ1) is 19.2. The van der Waals surface area contributed by atoms with Gasteiger partial charge >= 0.3 is 5.97 Å². The highest BCUT2D eigenvalue weighted by Gasteiger charge is 2.14. The highest BCUT2D eigenvalue weighted by molar-refractivity contribution is 6.37. The molecular formula is C30H23Cl2N3O5. The SMILES string of the molecule is COc1cc(C=NNC(=O)c2cccc(NC(=O)c3ccc(Cl)cc3Cl)c2)ccc1OC(=O)c1ccc(C)cc1. The molecule has 0 fully saturated rings. The maximum atomic E-state index is 12.6. The quantitative estimate of drug-likeness (QED) is 0.107. The van der Waals surface area contributed by atoms with Gasteiger partial charge in [0.1, 0.15) is 0 Å². The number of nitrogens with one attached hydrogen (secondary N) is 2.